The molecule has 1 N–H and O–H groups in total. The molecule has 1 aromatic carbocycles. The first-order valence-corrected chi connectivity index (χ1v) is 4.40. The zero-order chi connectivity index (χ0) is 10.6. The van der Waals surface area contributed by atoms with Gasteiger partial charge in [0.1, 0.15) is 5.82 Å². The van der Waals surface area contributed by atoms with E-state index in [1.54, 1.807) is 6.92 Å². The van der Waals surface area contributed by atoms with Crippen molar-refractivity contribution in [3.63, 3.8) is 0 Å². The second-order valence-electron chi connectivity index (χ2n) is 2.49. The van der Waals surface area contributed by atoms with Gasteiger partial charge in [0.2, 0.25) is 0 Å². The van der Waals surface area contributed by atoms with Crippen LogP contribution in [0.25, 0.3) is 0 Å². The highest BCUT2D eigenvalue weighted by atomic mass is 35.5. The normalized spacial score (nSPS) is 9.93. The molecule has 1 amide bonds. The summed E-state index contributed by atoms with van der Waals surface area (Å²) in [4.78, 5) is 15.9. The van der Waals surface area contributed by atoms with Gasteiger partial charge in [-0.05, 0) is 25.1 Å². The van der Waals surface area contributed by atoms with Crippen molar-refractivity contribution in [1.29, 1.82) is 0 Å². The molecule has 1 rings (SSSR count). The van der Waals surface area contributed by atoms with Crippen LogP contribution in [-0.2, 0) is 4.84 Å². The minimum absolute atomic E-state index is 0.0888. The van der Waals surface area contributed by atoms with Crippen LogP contribution in [0.4, 0.5) is 4.39 Å². The number of carbonyl (C=O) groups is 1. The van der Waals surface area contributed by atoms with Crippen LogP contribution in [0, 0.1) is 5.82 Å². The van der Waals surface area contributed by atoms with Crippen LogP contribution in [-0.4, -0.2) is 12.5 Å². The SMILES string of the molecule is CCONC(=O)c1ccc(F)c(Cl)c1. The summed E-state index contributed by atoms with van der Waals surface area (Å²) in [7, 11) is 0. The second-order valence-corrected chi connectivity index (χ2v) is 2.90. The van der Waals surface area contributed by atoms with E-state index in [-0.39, 0.29) is 10.6 Å². The molecule has 0 saturated carbocycles. The summed E-state index contributed by atoms with van der Waals surface area (Å²) in [5.41, 5.74) is 2.43. The molecule has 5 heteroatoms. The van der Waals surface area contributed by atoms with Gasteiger partial charge in [-0.1, -0.05) is 11.6 Å². The maximum absolute atomic E-state index is 12.7. The zero-order valence-electron chi connectivity index (χ0n) is 7.51. The topological polar surface area (TPSA) is 38.3 Å². The van der Waals surface area contributed by atoms with E-state index in [4.69, 9.17) is 11.6 Å². The Hall–Kier alpha value is -1.13. The lowest BCUT2D eigenvalue weighted by Gasteiger charge is -2.03. The van der Waals surface area contributed by atoms with Crippen molar-refractivity contribution in [2.45, 2.75) is 6.92 Å². The Labute approximate surface area is 85.8 Å². The van der Waals surface area contributed by atoms with Crippen molar-refractivity contribution in [1.82, 2.24) is 5.48 Å². The molecule has 0 unspecified atom stereocenters. The summed E-state index contributed by atoms with van der Waals surface area (Å²) < 4.78 is 12.7. The number of rotatable bonds is 3. The fourth-order valence-corrected chi connectivity index (χ4v) is 1.01. The van der Waals surface area contributed by atoms with E-state index in [0.29, 0.717) is 6.61 Å². The molecule has 0 bridgehead atoms. The van der Waals surface area contributed by atoms with Crippen molar-refractivity contribution in [2.24, 2.45) is 0 Å². The van der Waals surface area contributed by atoms with Gasteiger partial charge in [0.05, 0.1) is 11.6 Å². The number of hydrogen-bond donors (Lipinski definition) is 1. The molecule has 0 spiro atoms. The fraction of sp³-hybridized carbons (Fsp3) is 0.222. The third kappa shape index (κ3) is 2.68. The first-order valence-electron chi connectivity index (χ1n) is 4.02. The molecule has 0 aliphatic rings. The molecule has 1 aromatic rings. The van der Waals surface area contributed by atoms with E-state index in [1.807, 2.05) is 0 Å². The Morgan fingerprint density at radius 1 is 1.64 bits per heavy atom. The summed E-state index contributed by atoms with van der Waals surface area (Å²) in [6.45, 7) is 2.10. The van der Waals surface area contributed by atoms with Gasteiger partial charge in [0.25, 0.3) is 5.91 Å². The van der Waals surface area contributed by atoms with Crippen LogP contribution in [0.5, 0.6) is 0 Å². The second kappa shape index (κ2) is 4.93. The van der Waals surface area contributed by atoms with Gasteiger partial charge in [-0.25, -0.2) is 9.87 Å². The van der Waals surface area contributed by atoms with E-state index in [9.17, 15) is 9.18 Å². The van der Waals surface area contributed by atoms with E-state index in [0.717, 1.165) is 6.07 Å². The Morgan fingerprint density at radius 2 is 2.36 bits per heavy atom. The van der Waals surface area contributed by atoms with Crippen molar-refractivity contribution >= 4 is 17.5 Å². The summed E-state index contributed by atoms with van der Waals surface area (Å²) in [6, 6.07) is 3.70. The minimum Gasteiger partial charge on any atom is -0.274 e. The molecule has 76 valence electrons. The van der Waals surface area contributed by atoms with Gasteiger partial charge in [-0.15, -0.1) is 0 Å². The standard InChI is InChI=1S/C9H9ClFNO2/c1-2-14-12-9(13)6-3-4-8(11)7(10)5-6/h3-5H,2H2,1H3,(H,12,13). The number of amides is 1. The van der Waals surface area contributed by atoms with Gasteiger partial charge >= 0.3 is 0 Å². The van der Waals surface area contributed by atoms with Crippen LogP contribution >= 0.6 is 11.6 Å². The van der Waals surface area contributed by atoms with Crippen molar-refractivity contribution in [3.8, 4) is 0 Å². The van der Waals surface area contributed by atoms with Gasteiger partial charge < -0.3 is 0 Å². The maximum atomic E-state index is 12.7. The van der Waals surface area contributed by atoms with E-state index >= 15 is 0 Å². The van der Waals surface area contributed by atoms with Crippen molar-refractivity contribution < 1.29 is 14.0 Å². The van der Waals surface area contributed by atoms with E-state index in [2.05, 4.69) is 10.3 Å². The van der Waals surface area contributed by atoms with E-state index < -0.39 is 11.7 Å². The Kier molecular flexibility index (Phi) is 3.85. The van der Waals surface area contributed by atoms with Gasteiger partial charge in [0.15, 0.2) is 0 Å². The number of halogens is 2. The molecule has 0 saturated heterocycles. The third-order valence-electron chi connectivity index (χ3n) is 1.49. The van der Waals surface area contributed by atoms with Gasteiger partial charge in [0, 0.05) is 5.56 Å². The van der Waals surface area contributed by atoms with Crippen molar-refractivity contribution in [3.05, 3.63) is 34.6 Å². The Morgan fingerprint density at radius 3 is 2.93 bits per heavy atom. The first kappa shape index (κ1) is 10.9. The van der Waals surface area contributed by atoms with Crippen LogP contribution in [0.1, 0.15) is 17.3 Å². The van der Waals surface area contributed by atoms with E-state index in [1.165, 1.54) is 12.1 Å². The predicted octanol–water partition coefficient (Wildman–Crippen LogP) is 2.16. The number of hydroxylamine groups is 1. The summed E-state index contributed by atoms with van der Waals surface area (Å²) in [5.74, 6) is -1.01. The van der Waals surface area contributed by atoms with Crippen LogP contribution < -0.4 is 5.48 Å². The highest BCUT2D eigenvalue weighted by Crippen LogP contribution is 2.15. The number of hydrogen-bond acceptors (Lipinski definition) is 2. The highest BCUT2D eigenvalue weighted by Gasteiger charge is 2.07. The minimum atomic E-state index is -0.556. The summed E-state index contributed by atoms with van der Waals surface area (Å²) >= 11 is 5.50. The monoisotopic (exact) mass is 217 g/mol. The molecular formula is C9H9ClFNO2. The molecular weight excluding hydrogens is 209 g/mol. The molecule has 0 fully saturated rings. The lowest BCUT2D eigenvalue weighted by Crippen LogP contribution is -2.23. The van der Waals surface area contributed by atoms with Crippen molar-refractivity contribution in [2.75, 3.05) is 6.61 Å². The number of benzene rings is 1. The molecule has 0 heterocycles. The Balaban J connectivity index is 2.76. The molecule has 3 nitrogen and oxygen atoms in total. The first-order chi connectivity index (χ1) is 6.65. The predicted molar refractivity (Wildman–Crippen MR) is 50.5 cm³/mol. The average Bonchev–Trinajstić information content (AvgIpc) is 2.18. The largest absolute Gasteiger partial charge is 0.274 e. The summed E-state index contributed by atoms with van der Waals surface area (Å²) in [6.07, 6.45) is 0. The quantitative estimate of drug-likeness (QED) is 0.788. The molecule has 14 heavy (non-hydrogen) atoms. The zero-order valence-corrected chi connectivity index (χ0v) is 8.27. The average molecular weight is 218 g/mol. The molecule has 0 aliphatic heterocycles. The maximum Gasteiger partial charge on any atom is 0.274 e. The number of nitrogens with one attached hydrogen (secondary N) is 1. The lowest BCUT2D eigenvalue weighted by atomic mass is 10.2. The molecule has 0 atom stereocenters. The molecule has 0 radical (unpaired) electrons. The van der Waals surface area contributed by atoms with Crippen LogP contribution in [0.3, 0.4) is 0 Å². The number of carbonyl (C=O) groups excluding carboxylic acids is 1. The highest BCUT2D eigenvalue weighted by molar-refractivity contribution is 6.31. The molecule has 0 aromatic heterocycles. The summed E-state index contributed by atoms with van der Waals surface area (Å²) in [5, 5.41) is -0.0888. The van der Waals surface area contributed by atoms with Crippen LogP contribution in [0.15, 0.2) is 18.2 Å². The fourth-order valence-electron chi connectivity index (χ4n) is 0.834. The van der Waals surface area contributed by atoms with Gasteiger partial charge in [-0.3, -0.25) is 9.63 Å². The Bertz CT molecular complexity index is 344. The lowest BCUT2D eigenvalue weighted by molar-refractivity contribution is 0.0364. The molecule has 0 aliphatic carbocycles. The smallest absolute Gasteiger partial charge is 0.274 e. The third-order valence-corrected chi connectivity index (χ3v) is 1.78. The van der Waals surface area contributed by atoms with Gasteiger partial charge in [-0.2, -0.15) is 0 Å². The van der Waals surface area contributed by atoms with Crippen LogP contribution in [0.2, 0.25) is 5.02 Å².